The largest absolute Gasteiger partial charge is 0.389 e. The topological polar surface area (TPSA) is 41.5 Å². The molecule has 0 heterocycles. The highest BCUT2D eigenvalue weighted by Crippen LogP contribution is 2.20. The highest BCUT2D eigenvalue weighted by molar-refractivity contribution is 5.83. The Labute approximate surface area is 168 Å². The second-order valence-corrected chi connectivity index (χ2v) is 8.16. The molecular weight excluding hydrogens is 346 g/mol. The van der Waals surface area contributed by atoms with E-state index < -0.39 is 6.10 Å². The molecule has 2 atom stereocenters. The molecule has 0 amide bonds. The summed E-state index contributed by atoms with van der Waals surface area (Å²) in [6.07, 6.45) is 0.328. The third-order valence-corrected chi connectivity index (χ3v) is 5.08. The number of ether oxygens (including phenoxy) is 1. The summed E-state index contributed by atoms with van der Waals surface area (Å²) in [4.78, 5) is 0. The number of aliphatic hydroxyl groups is 1. The lowest BCUT2D eigenvalue weighted by Crippen LogP contribution is -2.46. The maximum Gasteiger partial charge on any atom is 0.0898 e. The van der Waals surface area contributed by atoms with Gasteiger partial charge in [0.15, 0.2) is 0 Å². The quantitative estimate of drug-likeness (QED) is 0.558. The van der Waals surface area contributed by atoms with Crippen molar-refractivity contribution in [2.75, 3.05) is 13.2 Å². The van der Waals surface area contributed by atoms with E-state index in [1.165, 1.54) is 16.3 Å². The second-order valence-electron chi connectivity index (χ2n) is 8.16. The number of aliphatic hydroxyl groups excluding tert-OH is 1. The predicted octanol–water partition coefficient (Wildman–Crippen LogP) is 4.89. The molecule has 0 bridgehead atoms. The van der Waals surface area contributed by atoms with Crippen LogP contribution in [0.2, 0.25) is 0 Å². The van der Waals surface area contributed by atoms with E-state index in [0.717, 1.165) is 12.0 Å². The normalized spacial score (nSPS) is 14.1. The summed E-state index contributed by atoms with van der Waals surface area (Å²) >= 11 is 0. The molecule has 0 spiro atoms. The molecule has 0 aromatic heterocycles. The summed E-state index contributed by atoms with van der Waals surface area (Å²) in [5.41, 5.74) is 2.30. The van der Waals surface area contributed by atoms with E-state index in [-0.39, 0.29) is 11.6 Å². The van der Waals surface area contributed by atoms with Gasteiger partial charge in [-0.05, 0) is 49.1 Å². The number of rotatable bonds is 9. The van der Waals surface area contributed by atoms with Gasteiger partial charge in [-0.3, -0.25) is 0 Å². The van der Waals surface area contributed by atoms with Crippen molar-refractivity contribution < 1.29 is 9.84 Å². The van der Waals surface area contributed by atoms with Crippen molar-refractivity contribution in [1.82, 2.24) is 5.32 Å². The molecule has 3 heteroatoms. The van der Waals surface area contributed by atoms with Crippen LogP contribution in [0, 0.1) is 0 Å². The van der Waals surface area contributed by atoms with Crippen LogP contribution < -0.4 is 5.32 Å². The molecule has 0 saturated heterocycles. The Bertz CT molecular complexity index is 876. The molecule has 3 aromatic carbocycles. The Morgan fingerprint density at radius 3 is 2.36 bits per heavy atom. The minimum atomic E-state index is -0.540. The summed E-state index contributed by atoms with van der Waals surface area (Å²) < 4.78 is 5.83. The number of hydrogen-bond donors (Lipinski definition) is 2. The molecule has 3 aromatic rings. The van der Waals surface area contributed by atoms with Crippen LogP contribution in [0.4, 0.5) is 0 Å². The van der Waals surface area contributed by atoms with Gasteiger partial charge in [0.1, 0.15) is 0 Å². The van der Waals surface area contributed by atoms with E-state index >= 15 is 0 Å². The summed E-state index contributed by atoms with van der Waals surface area (Å²) in [5, 5.41) is 16.3. The summed E-state index contributed by atoms with van der Waals surface area (Å²) in [6.45, 7) is 7.17. The molecule has 0 aliphatic rings. The second kappa shape index (κ2) is 9.33. The molecule has 148 valence electrons. The van der Waals surface area contributed by atoms with Crippen molar-refractivity contribution in [2.45, 2.75) is 44.9 Å². The number of hydrogen-bond acceptors (Lipinski definition) is 3. The summed E-state index contributed by atoms with van der Waals surface area (Å²) in [5.74, 6) is 0. The van der Waals surface area contributed by atoms with Gasteiger partial charge in [0.2, 0.25) is 0 Å². The highest BCUT2D eigenvalue weighted by atomic mass is 16.5. The lowest BCUT2D eigenvalue weighted by molar-refractivity contribution is -0.00417. The van der Waals surface area contributed by atoms with E-state index in [0.29, 0.717) is 13.2 Å². The zero-order chi connectivity index (χ0) is 20.0. The summed E-state index contributed by atoms with van der Waals surface area (Å²) in [6, 6.07) is 25.1. The fraction of sp³-hybridized carbons (Fsp3) is 0.360. The molecule has 0 aliphatic carbocycles. The Balaban J connectivity index is 1.48. The van der Waals surface area contributed by atoms with Gasteiger partial charge in [-0.2, -0.15) is 0 Å². The average molecular weight is 378 g/mol. The van der Waals surface area contributed by atoms with Gasteiger partial charge in [0.25, 0.3) is 0 Å². The molecule has 2 unspecified atom stereocenters. The first kappa shape index (κ1) is 20.5. The third kappa shape index (κ3) is 5.90. The zero-order valence-corrected chi connectivity index (χ0v) is 17.1. The van der Waals surface area contributed by atoms with E-state index in [9.17, 15) is 5.11 Å². The highest BCUT2D eigenvalue weighted by Gasteiger charge is 2.20. The van der Waals surface area contributed by atoms with Gasteiger partial charge in [-0.25, -0.2) is 0 Å². The number of β-amino-alcohol motifs (C(OH)–C–C–N with tert-alkyl or cyclic N) is 1. The SMILES string of the molecule is CC(OCC(O)CNC(C)(C)Cc1ccc2ccccc2c1)c1ccccc1. The Morgan fingerprint density at radius 2 is 1.61 bits per heavy atom. The van der Waals surface area contributed by atoms with Crippen LogP contribution in [0.5, 0.6) is 0 Å². The Kier molecular flexibility index (Phi) is 6.84. The van der Waals surface area contributed by atoms with Gasteiger partial charge in [0.05, 0.1) is 18.8 Å². The van der Waals surface area contributed by atoms with Crippen molar-refractivity contribution in [3.63, 3.8) is 0 Å². The molecule has 2 N–H and O–H groups in total. The number of benzene rings is 3. The van der Waals surface area contributed by atoms with Crippen molar-refractivity contribution in [3.8, 4) is 0 Å². The monoisotopic (exact) mass is 377 g/mol. The molecule has 3 rings (SSSR count). The zero-order valence-electron chi connectivity index (χ0n) is 17.1. The van der Waals surface area contributed by atoms with E-state index in [2.05, 4.69) is 61.6 Å². The van der Waals surface area contributed by atoms with Crippen LogP contribution in [-0.2, 0) is 11.2 Å². The fourth-order valence-electron chi connectivity index (χ4n) is 3.45. The predicted molar refractivity (Wildman–Crippen MR) is 117 cm³/mol. The first-order chi connectivity index (χ1) is 13.4. The van der Waals surface area contributed by atoms with Gasteiger partial charge in [0, 0.05) is 12.1 Å². The molecule has 3 nitrogen and oxygen atoms in total. The van der Waals surface area contributed by atoms with Gasteiger partial charge >= 0.3 is 0 Å². The average Bonchev–Trinajstić information content (AvgIpc) is 2.71. The molecule has 0 aliphatic heterocycles. The molecular formula is C25H31NO2. The summed E-state index contributed by atoms with van der Waals surface area (Å²) in [7, 11) is 0. The van der Waals surface area contributed by atoms with Crippen LogP contribution in [0.25, 0.3) is 10.8 Å². The van der Waals surface area contributed by atoms with Crippen molar-refractivity contribution in [2.24, 2.45) is 0 Å². The van der Waals surface area contributed by atoms with E-state index in [1.54, 1.807) is 0 Å². The first-order valence-corrected chi connectivity index (χ1v) is 10.0. The number of nitrogens with one attached hydrogen (secondary N) is 1. The van der Waals surface area contributed by atoms with Crippen LogP contribution in [0.1, 0.15) is 38.0 Å². The van der Waals surface area contributed by atoms with Crippen LogP contribution >= 0.6 is 0 Å². The van der Waals surface area contributed by atoms with Gasteiger partial charge < -0.3 is 15.2 Å². The van der Waals surface area contributed by atoms with Gasteiger partial charge in [-0.1, -0.05) is 72.8 Å². The van der Waals surface area contributed by atoms with Gasteiger partial charge in [-0.15, -0.1) is 0 Å². The molecule has 0 fully saturated rings. The third-order valence-electron chi connectivity index (χ3n) is 5.08. The minimum Gasteiger partial charge on any atom is -0.389 e. The Morgan fingerprint density at radius 1 is 0.929 bits per heavy atom. The molecule has 28 heavy (non-hydrogen) atoms. The molecule has 0 saturated carbocycles. The maximum absolute atomic E-state index is 10.3. The van der Waals surface area contributed by atoms with Crippen LogP contribution in [0.15, 0.2) is 72.8 Å². The smallest absolute Gasteiger partial charge is 0.0898 e. The standard InChI is InChI=1S/C25H31NO2/c1-19(21-9-5-4-6-10-21)28-18-24(27)17-26-25(2,3)16-20-13-14-22-11-7-8-12-23(22)15-20/h4-15,19,24,26-27H,16-18H2,1-3H3. The lowest BCUT2D eigenvalue weighted by atomic mass is 9.93. The van der Waals surface area contributed by atoms with Crippen LogP contribution in [-0.4, -0.2) is 29.9 Å². The van der Waals surface area contributed by atoms with Crippen molar-refractivity contribution in [3.05, 3.63) is 83.9 Å². The maximum atomic E-state index is 10.3. The van der Waals surface area contributed by atoms with E-state index in [4.69, 9.17) is 4.74 Å². The fourth-order valence-corrected chi connectivity index (χ4v) is 3.45. The van der Waals surface area contributed by atoms with Crippen LogP contribution in [0.3, 0.4) is 0 Å². The minimum absolute atomic E-state index is 0.0264. The Hall–Kier alpha value is -2.20. The van der Waals surface area contributed by atoms with E-state index in [1.807, 2.05) is 37.3 Å². The first-order valence-electron chi connectivity index (χ1n) is 10.0. The van der Waals surface area contributed by atoms with Crippen molar-refractivity contribution >= 4 is 10.8 Å². The lowest BCUT2D eigenvalue weighted by Gasteiger charge is -2.28. The van der Waals surface area contributed by atoms with Crippen molar-refractivity contribution in [1.29, 1.82) is 0 Å². The number of fused-ring (bicyclic) bond motifs is 1. The molecule has 0 radical (unpaired) electrons.